The molecule has 0 aliphatic rings. The Balaban J connectivity index is 1.06. The molecule has 2 aromatic heterocycles. The number of fused-ring (bicyclic) bond motifs is 4. The molecular weight excluding hydrogens is 512 g/mol. The number of aromatic nitrogens is 1. The lowest BCUT2D eigenvalue weighted by molar-refractivity contribution is 0.668. The molecule has 0 amide bonds. The van der Waals surface area contributed by atoms with Crippen molar-refractivity contribution < 1.29 is 4.42 Å². The van der Waals surface area contributed by atoms with Crippen LogP contribution in [0, 0.1) is 0 Å². The number of nitrogens with one attached hydrogen (secondary N) is 1. The van der Waals surface area contributed by atoms with Crippen molar-refractivity contribution in [3.63, 3.8) is 0 Å². The van der Waals surface area contributed by atoms with E-state index in [2.05, 4.69) is 132 Å². The Bertz CT molecular complexity index is 2200. The first-order valence-electron chi connectivity index (χ1n) is 14.1. The van der Waals surface area contributed by atoms with Gasteiger partial charge < -0.3 is 9.73 Å². The van der Waals surface area contributed by atoms with Gasteiger partial charge in [-0.05, 0) is 69.4 Å². The zero-order valence-corrected chi connectivity index (χ0v) is 22.8. The number of benzene rings is 6. The lowest BCUT2D eigenvalue weighted by Crippen LogP contribution is -1.91. The molecular formula is C39H26N2O. The highest BCUT2D eigenvalue weighted by atomic mass is 16.3. The van der Waals surface area contributed by atoms with Crippen LogP contribution in [0.3, 0.4) is 0 Å². The number of anilines is 2. The summed E-state index contributed by atoms with van der Waals surface area (Å²) in [5.41, 5.74) is 10.5. The van der Waals surface area contributed by atoms with Crippen molar-refractivity contribution in [2.45, 2.75) is 0 Å². The van der Waals surface area contributed by atoms with Gasteiger partial charge in [-0.1, -0.05) is 109 Å². The summed E-state index contributed by atoms with van der Waals surface area (Å²) < 4.78 is 6.19. The van der Waals surface area contributed by atoms with Gasteiger partial charge in [-0.25, -0.2) is 0 Å². The zero-order valence-electron chi connectivity index (χ0n) is 22.8. The topological polar surface area (TPSA) is 38.1 Å². The molecule has 42 heavy (non-hydrogen) atoms. The van der Waals surface area contributed by atoms with Crippen molar-refractivity contribution in [2.24, 2.45) is 0 Å². The van der Waals surface area contributed by atoms with Gasteiger partial charge in [-0.15, -0.1) is 0 Å². The van der Waals surface area contributed by atoms with Crippen LogP contribution in [0.25, 0.3) is 66.2 Å². The fourth-order valence-electron chi connectivity index (χ4n) is 5.89. The minimum absolute atomic E-state index is 0.819. The van der Waals surface area contributed by atoms with E-state index in [-0.39, 0.29) is 0 Å². The molecule has 3 heteroatoms. The SMILES string of the molecule is c1ccc(-c2ccc(-c3ccc(Nc4ccc(-c5nccc6c5oc5ccccc56)cc4)cc3)c3ccccc23)cc1. The predicted molar refractivity (Wildman–Crippen MR) is 175 cm³/mol. The molecule has 0 radical (unpaired) electrons. The summed E-state index contributed by atoms with van der Waals surface area (Å²) in [6, 6.07) is 50.9. The Morgan fingerprint density at radius 2 is 0.976 bits per heavy atom. The summed E-state index contributed by atoms with van der Waals surface area (Å²) >= 11 is 0. The smallest absolute Gasteiger partial charge is 0.161 e. The number of furan rings is 1. The van der Waals surface area contributed by atoms with E-state index in [1.165, 1.54) is 33.0 Å². The van der Waals surface area contributed by atoms with E-state index in [0.717, 1.165) is 44.6 Å². The quantitative estimate of drug-likeness (QED) is 0.237. The summed E-state index contributed by atoms with van der Waals surface area (Å²) in [6.07, 6.45) is 1.85. The number of para-hydroxylation sites is 1. The molecule has 0 spiro atoms. The average Bonchev–Trinajstić information content (AvgIpc) is 3.45. The van der Waals surface area contributed by atoms with E-state index >= 15 is 0 Å². The summed E-state index contributed by atoms with van der Waals surface area (Å²) in [7, 11) is 0. The van der Waals surface area contributed by atoms with Crippen LogP contribution < -0.4 is 5.32 Å². The number of rotatable bonds is 5. The van der Waals surface area contributed by atoms with Crippen molar-refractivity contribution in [1.29, 1.82) is 0 Å². The maximum absolute atomic E-state index is 6.19. The first-order chi connectivity index (χ1) is 20.8. The largest absolute Gasteiger partial charge is 0.454 e. The van der Waals surface area contributed by atoms with Crippen LogP contribution in [0.15, 0.2) is 156 Å². The lowest BCUT2D eigenvalue weighted by Gasteiger charge is -2.13. The monoisotopic (exact) mass is 538 g/mol. The molecule has 1 N–H and O–H groups in total. The third kappa shape index (κ3) is 4.20. The van der Waals surface area contributed by atoms with Crippen LogP contribution in [0.1, 0.15) is 0 Å². The Labute approximate surface area is 243 Å². The van der Waals surface area contributed by atoms with Crippen molar-refractivity contribution in [1.82, 2.24) is 4.98 Å². The molecule has 8 rings (SSSR count). The van der Waals surface area contributed by atoms with Crippen LogP contribution in [0.2, 0.25) is 0 Å². The molecule has 198 valence electrons. The Kier molecular flexibility index (Phi) is 5.79. The van der Waals surface area contributed by atoms with Gasteiger partial charge in [-0.2, -0.15) is 0 Å². The van der Waals surface area contributed by atoms with Gasteiger partial charge in [0.1, 0.15) is 11.3 Å². The molecule has 0 aliphatic carbocycles. The standard InChI is InChI=1S/C39H26N2O/c1-2-8-26(9-3-1)31-22-23-32(34-11-5-4-10-33(31)34)27-14-18-29(19-15-27)41-30-20-16-28(17-21-30)38-39-36(24-25-40-38)35-12-6-7-13-37(35)42-39/h1-25,41H. The first kappa shape index (κ1) is 24.2. The zero-order chi connectivity index (χ0) is 27.9. The van der Waals surface area contributed by atoms with Gasteiger partial charge in [0, 0.05) is 33.9 Å². The highest BCUT2D eigenvalue weighted by Gasteiger charge is 2.13. The fourth-order valence-corrected chi connectivity index (χ4v) is 5.89. The second-order valence-electron chi connectivity index (χ2n) is 10.5. The number of pyridine rings is 1. The van der Waals surface area contributed by atoms with Gasteiger partial charge in [0.2, 0.25) is 0 Å². The third-order valence-electron chi connectivity index (χ3n) is 7.95. The van der Waals surface area contributed by atoms with Crippen LogP contribution in [-0.4, -0.2) is 4.98 Å². The van der Waals surface area contributed by atoms with Crippen molar-refractivity contribution in [3.8, 4) is 33.5 Å². The Morgan fingerprint density at radius 3 is 1.64 bits per heavy atom. The lowest BCUT2D eigenvalue weighted by atomic mass is 9.92. The van der Waals surface area contributed by atoms with Crippen molar-refractivity contribution in [3.05, 3.63) is 152 Å². The summed E-state index contributed by atoms with van der Waals surface area (Å²) in [4.78, 5) is 4.65. The fraction of sp³-hybridized carbons (Fsp3) is 0. The van der Waals surface area contributed by atoms with Crippen LogP contribution in [-0.2, 0) is 0 Å². The maximum Gasteiger partial charge on any atom is 0.161 e. The van der Waals surface area contributed by atoms with E-state index in [4.69, 9.17) is 4.42 Å². The minimum Gasteiger partial charge on any atom is -0.454 e. The highest BCUT2D eigenvalue weighted by molar-refractivity contribution is 6.08. The molecule has 0 saturated carbocycles. The average molecular weight is 539 g/mol. The molecule has 0 aliphatic heterocycles. The molecule has 0 atom stereocenters. The summed E-state index contributed by atoms with van der Waals surface area (Å²) in [5, 5.41) is 8.25. The summed E-state index contributed by atoms with van der Waals surface area (Å²) in [6.45, 7) is 0. The molecule has 2 heterocycles. The number of hydrogen-bond donors (Lipinski definition) is 1. The van der Waals surface area contributed by atoms with Crippen LogP contribution in [0.4, 0.5) is 11.4 Å². The van der Waals surface area contributed by atoms with E-state index in [1.54, 1.807) is 0 Å². The second kappa shape index (κ2) is 10.1. The molecule has 0 bridgehead atoms. The Morgan fingerprint density at radius 1 is 0.429 bits per heavy atom. The molecule has 3 nitrogen and oxygen atoms in total. The molecule has 0 fully saturated rings. The molecule has 0 unspecified atom stereocenters. The highest BCUT2D eigenvalue weighted by Crippen LogP contribution is 2.37. The van der Waals surface area contributed by atoms with Gasteiger partial charge in [-0.3, -0.25) is 4.98 Å². The van der Waals surface area contributed by atoms with E-state index in [0.29, 0.717) is 0 Å². The van der Waals surface area contributed by atoms with Gasteiger partial charge in [0.25, 0.3) is 0 Å². The van der Waals surface area contributed by atoms with Crippen molar-refractivity contribution in [2.75, 3.05) is 5.32 Å². The first-order valence-corrected chi connectivity index (χ1v) is 14.1. The number of hydrogen-bond acceptors (Lipinski definition) is 3. The van der Waals surface area contributed by atoms with Crippen LogP contribution in [0.5, 0.6) is 0 Å². The molecule has 0 saturated heterocycles. The summed E-state index contributed by atoms with van der Waals surface area (Å²) in [5.74, 6) is 0. The van der Waals surface area contributed by atoms with Crippen LogP contribution >= 0.6 is 0 Å². The van der Waals surface area contributed by atoms with Gasteiger partial charge >= 0.3 is 0 Å². The second-order valence-corrected chi connectivity index (χ2v) is 10.5. The Hall–Kier alpha value is -5.67. The number of nitrogens with zero attached hydrogens (tertiary/aromatic N) is 1. The third-order valence-corrected chi connectivity index (χ3v) is 7.95. The van der Waals surface area contributed by atoms with Crippen molar-refractivity contribution >= 4 is 44.1 Å². The van der Waals surface area contributed by atoms with E-state index < -0.39 is 0 Å². The van der Waals surface area contributed by atoms with E-state index in [1.807, 2.05) is 30.5 Å². The van der Waals surface area contributed by atoms with E-state index in [9.17, 15) is 0 Å². The predicted octanol–water partition coefficient (Wildman–Crippen LogP) is 10.9. The molecule has 8 aromatic rings. The minimum atomic E-state index is 0.819. The van der Waals surface area contributed by atoms with Gasteiger partial charge in [0.05, 0.1) is 0 Å². The maximum atomic E-state index is 6.19. The van der Waals surface area contributed by atoms with Gasteiger partial charge in [0.15, 0.2) is 5.58 Å². The molecule has 6 aromatic carbocycles. The normalized spacial score (nSPS) is 11.3.